The SMILES string of the molecule is Cc1ccc(OC[C@@H]2CCN2)cc1C(=O)NC1(c2cc(-c3cccs3)cc3ncccc23)CC1. The predicted molar refractivity (Wildman–Crippen MR) is 137 cm³/mol. The predicted octanol–water partition coefficient (Wildman–Crippen LogP) is 5.43. The third-order valence-electron chi connectivity index (χ3n) is 6.98. The van der Waals surface area contributed by atoms with E-state index in [2.05, 4.69) is 51.3 Å². The standard InChI is InChI=1S/C28H27N3O2S/c1-18-6-7-21(33-17-20-8-12-29-20)16-23(18)27(32)31-28(9-10-28)24-14-19(26-5-3-13-34-26)15-25-22(24)4-2-11-30-25/h2-7,11,13-16,20,29H,8-10,12,17H2,1H3,(H,31,32)/t20-/m0/s1. The van der Waals surface area contributed by atoms with Crippen LogP contribution in [0.5, 0.6) is 5.75 Å². The zero-order chi connectivity index (χ0) is 23.1. The minimum Gasteiger partial charge on any atom is -0.492 e. The Morgan fingerprint density at radius 3 is 2.82 bits per heavy atom. The van der Waals surface area contributed by atoms with E-state index in [-0.39, 0.29) is 11.4 Å². The van der Waals surface area contributed by atoms with Crippen LogP contribution in [0, 0.1) is 6.92 Å². The van der Waals surface area contributed by atoms with Crippen molar-refractivity contribution in [3.05, 3.63) is 82.9 Å². The lowest BCUT2D eigenvalue weighted by Crippen LogP contribution is -2.46. The highest BCUT2D eigenvalue weighted by atomic mass is 32.1. The van der Waals surface area contributed by atoms with Crippen LogP contribution in [0.15, 0.2) is 66.2 Å². The molecule has 1 saturated heterocycles. The minimum absolute atomic E-state index is 0.0548. The molecule has 4 aromatic rings. The van der Waals surface area contributed by atoms with Crippen molar-refractivity contribution < 1.29 is 9.53 Å². The molecule has 2 N–H and O–H groups in total. The van der Waals surface area contributed by atoms with Crippen molar-refractivity contribution in [2.75, 3.05) is 13.2 Å². The average Bonchev–Trinajstić information content (AvgIpc) is 3.37. The number of amides is 1. The van der Waals surface area contributed by atoms with Crippen molar-refractivity contribution in [3.8, 4) is 16.2 Å². The first-order valence-corrected chi connectivity index (χ1v) is 12.7. The van der Waals surface area contributed by atoms with Gasteiger partial charge in [0.05, 0.1) is 11.1 Å². The lowest BCUT2D eigenvalue weighted by molar-refractivity contribution is 0.0930. The summed E-state index contributed by atoms with van der Waals surface area (Å²) in [5, 5.41) is 9.92. The van der Waals surface area contributed by atoms with Crippen LogP contribution in [0.1, 0.15) is 40.7 Å². The second-order valence-electron chi connectivity index (χ2n) is 9.33. The van der Waals surface area contributed by atoms with Gasteiger partial charge < -0.3 is 15.4 Å². The molecule has 2 aromatic carbocycles. The summed E-state index contributed by atoms with van der Waals surface area (Å²) in [5.41, 5.74) is 4.50. The Morgan fingerprint density at radius 2 is 2.09 bits per heavy atom. The number of ether oxygens (including phenoxy) is 1. The molecule has 1 aliphatic carbocycles. The number of hydrogen-bond donors (Lipinski definition) is 2. The van der Waals surface area contributed by atoms with Crippen LogP contribution >= 0.6 is 11.3 Å². The first-order valence-electron chi connectivity index (χ1n) is 11.8. The van der Waals surface area contributed by atoms with Gasteiger partial charge in [-0.2, -0.15) is 0 Å². The Hall–Kier alpha value is -3.22. The molecule has 0 bridgehead atoms. The van der Waals surface area contributed by atoms with Gasteiger partial charge >= 0.3 is 0 Å². The molecule has 0 unspecified atom stereocenters. The van der Waals surface area contributed by atoms with Gasteiger partial charge in [-0.25, -0.2) is 0 Å². The van der Waals surface area contributed by atoms with Gasteiger partial charge in [0.2, 0.25) is 0 Å². The van der Waals surface area contributed by atoms with Crippen molar-refractivity contribution in [2.45, 2.75) is 37.8 Å². The number of aryl methyl sites for hydroxylation is 1. The molecule has 2 aliphatic rings. The fourth-order valence-electron chi connectivity index (χ4n) is 4.66. The number of benzene rings is 2. The highest BCUT2D eigenvalue weighted by molar-refractivity contribution is 7.13. The maximum Gasteiger partial charge on any atom is 0.252 e. The fraction of sp³-hybridized carbons (Fsp3) is 0.286. The van der Waals surface area contributed by atoms with E-state index in [0.717, 1.165) is 59.2 Å². The molecule has 1 aliphatic heterocycles. The highest BCUT2D eigenvalue weighted by Crippen LogP contribution is 2.49. The number of carbonyl (C=O) groups excluding carboxylic acids is 1. The quantitative estimate of drug-likeness (QED) is 0.379. The number of hydrogen-bond acceptors (Lipinski definition) is 5. The summed E-state index contributed by atoms with van der Waals surface area (Å²) in [6.45, 7) is 3.65. The Labute approximate surface area is 203 Å². The second kappa shape index (κ2) is 8.53. The van der Waals surface area contributed by atoms with Gasteiger partial charge in [-0.15, -0.1) is 11.3 Å². The average molecular weight is 470 g/mol. The lowest BCUT2D eigenvalue weighted by atomic mass is 9.95. The Morgan fingerprint density at radius 1 is 1.21 bits per heavy atom. The maximum atomic E-state index is 13.5. The van der Waals surface area contributed by atoms with Gasteiger partial charge in [-0.3, -0.25) is 9.78 Å². The fourth-order valence-corrected chi connectivity index (χ4v) is 5.37. The highest BCUT2D eigenvalue weighted by Gasteiger charge is 2.47. The first-order chi connectivity index (χ1) is 16.6. The number of aromatic nitrogens is 1. The summed E-state index contributed by atoms with van der Waals surface area (Å²) in [7, 11) is 0. The molecular weight excluding hydrogens is 442 g/mol. The number of rotatable bonds is 7. The summed E-state index contributed by atoms with van der Waals surface area (Å²) in [6, 6.07) is 18.8. The molecule has 6 rings (SSSR count). The Bertz CT molecular complexity index is 1360. The number of thiophene rings is 1. The topological polar surface area (TPSA) is 63.2 Å². The van der Waals surface area contributed by atoms with Gasteiger partial charge in [0.1, 0.15) is 12.4 Å². The molecule has 1 amide bonds. The van der Waals surface area contributed by atoms with Gasteiger partial charge in [0, 0.05) is 28.1 Å². The van der Waals surface area contributed by atoms with Crippen LogP contribution in [0.2, 0.25) is 0 Å². The molecule has 0 spiro atoms. The van der Waals surface area contributed by atoms with Gasteiger partial charge in [0.15, 0.2) is 0 Å². The van der Waals surface area contributed by atoms with Crippen molar-refractivity contribution in [1.29, 1.82) is 0 Å². The molecule has 6 heteroatoms. The maximum absolute atomic E-state index is 13.5. The number of pyridine rings is 1. The third-order valence-corrected chi connectivity index (χ3v) is 7.89. The molecule has 2 fully saturated rings. The van der Waals surface area contributed by atoms with Gasteiger partial charge in [-0.05, 0) is 91.2 Å². The van der Waals surface area contributed by atoms with E-state index in [1.165, 1.54) is 4.88 Å². The normalized spacial score (nSPS) is 18.3. The van der Waals surface area contributed by atoms with E-state index in [0.29, 0.717) is 18.2 Å². The van der Waals surface area contributed by atoms with Gasteiger partial charge in [-0.1, -0.05) is 18.2 Å². The van der Waals surface area contributed by atoms with E-state index in [1.54, 1.807) is 11.3 Å². The first kappa shape index (κ1) is 21.3. The Balaban J connectivity index is 1.31. The summed E-state index contributed by atoms with van der Waals surface area (Å²) in [4.78, 5) is 19.3. The summed E-state index contributed by atoms with van der Waals surface area (Å²) in [6.07, 6.45) is 4.80. The second-order valence-corrected chi connectivity index (χ2v) is 10.3. The number of nitrogens with zero attached hydrogens (tertiary/aromatic N) is 1. The van der Waals surface area contributed by atoms with Crippen LogP contribution in [0.25, 0.3) is 21.3 Å². The molecule has 2 aromatic heterocycles. The number of carbonyl (C=O) groups is 1. The number of nitrogens with one attached hydrogen (secondary N) is 2. The number of fused-ring (bicyclic) bond motifs is 1. The van der Waals surface area contributed by atoms with Crippen LogP contribution in [0.3, 0.4) is 0 Å². The molecule has 0 radical (unpaired) electrons. The van der Waals surface area contributed by atoms with E-state index in [1.807, 2.05) is 37.4 Å². The van der Waals surface area contributed by atoms with Crippen molar-refractivity contribution in [3.63, 3.8) is 0 Å². The summed E-state index contributed by atoms with van der Waals surface area (Å²) >= 11 is 1.72. The molecule has 34 heavy (non-hydrogen) atoms. The van der Waals surface area contributed by atoms with Crippen LogP contribution in [0.4, 0.5) is 0 Å². The van der Waals surface area contributed by atoms with E-state index >= 15 is 0 Å². The summed E-state index contributed by atoms with van der Waals surface area (Å²) < 4.78 is 5.95. The van der Waals surface area contributed by atoms with E-state index < -0.39 is 0 Å². The zero-order valence-electron chi connectivity index (χ0n) is 19.1. The van der Waals surface area contributed by atoms with Crippen LogP contribution in [-0.4, -0.2) is 30.1 Å². The van der Waals surface area contributed by atoms with Crippen molar-refractivity contribution >= 4 is 28.1 Å². The van der Waals surface area contributed by atoms with E-state index in [4.69, 9.17) is 4.74 Å². The van der Waals surface area contributed by atoms with Crippen molar-refractivity contribution in [1.82, 2.24) is 15.6 Å². The zero-order valence-corrected chi connectivity index (χ0v) is 20.0. The van der Waals surface area contributed by atoms with Crippen LogP contribution < -0.4 is 15.4 Å². The van der Waals surface area contributed by atoms with Gasteiger partial charge in [0.25, 0.3) is 5.91 Å². The third kappa shape index (κ3) is 3.97. The molecule has 3 heterocycles. The van der Waals surface area contributed by atoms with Crippen LogP contribution in [-0.2, 0) is 5.54 Å². The molecular formula is C28H27N3O2S. The largest absolute Gasteiger partial charge is 0.492 e. The smallest absolute Gasteiger partial charge is 0.252 e. The molecule has 172 valence electrons. The lowest BCUT2D eigenvalue weighted by Gasteiger charge is -2.27. The Kier molecular flexibility index (Phi) is 5.35. The molecule has 1 saturated carbocycles. The van der Waals surface area contributed by atoms with E-state index in [9.17, 15) is 4.79 Å². The molecule has 1 atom stereocenters. The minimum atomic E-state index is -0.370. The monoisotopic (exact) mass is 469 g/mol. The van der Waals surface area contributed by atoms with Crippen molar-refractivity contribution in [2.24, 2.45) is 0 Å². The molecule has 5 nitrogen and oxygen atoms in total. The summed E-state index contributed by atoms with van der Waals surface area (Å²) in [5.74, 6) is 0.685.